The minimum absolute atomic E-state index is 0.203. The number of carbonyl (C=O) groups is 1. The second-order valence-electron chi connectivity index (χ2n) is 6.92. The summed E-state index contributed by atoms with van der Waals surface area (Å²) < 4.78 is 7.42. The predicted octanol–water partition coefficient (Wildman–Crippen LogP) is 5.23. The van der Waals surface area contributed by atoms with Gasteiger partial charge in [-0.3, -0.25) is 9.36 Å². The number of amides is 1. The lowest BCUT2D eigenvalue weighted by atomic mass is 10.2. The van der Waals surface area contributed by atoms with Crippen molar-refractivity contribution in [3.8, 4) is 17.5 Å². The van der Waals surface area contributed by atoms with Gasteiger partial charge in [-0.2, -0.15) is 5.26 Å². The first-order valence-corrected chi connectivity index (χ1v) is 11.0. The van der Waals surface area contributed by atoms with Crippen molar-refractivity contribution in [2.24, 2.45) is 0 Å². The SMILES string of the molecule is CC(Sc1nnc(-c2ccc(Cl)cc2)n1Cc1ccco1)C(=O)Nc1cccc(C#N)c1. The highest BCUT2D eigenvalue weighted by atomic mass is 35.5. The van der Waals surface area contributed by atoms with Gasteiger partial charge in [0.15, 0.2) is 11.0 Å². The van der Waals surface area contributed by atoms with E-state index in [0.717, 1.165) is 11.3 Å². The van der Waals surface area contributed by atoms with Gasteiger partial charge < -0.3 is 9.73 Å². The van der Waals surface area contributed by atoms with Crippen molar-refractivity contribution in [1.29, 1.82) is 5.26 Å². The Balaban J connectivity index is 1.57. The molecule has 0 radical (unpaired) electrons. The molecule has 4 rings (SSSR count). The van der Waals surface area contributed by atoms with E-state index < -0.39 is 5.25 Å². The summed E-state index contributed by atoms with van der Waals surface area (Å²) in [5.74, 6) is 1.19. The zero-order valence-corrected chi connectivity index (χ0v) is 18.6. The number of hydrogen-bond donors (Lipinski definition) is 1. The number of rotatable bonds is 7. The Morgan fingerprint density at radius 2 is 2.03 bits per heavy atom. The van der Waals surface area contributed by atoms with Crippen LogP contribution < -0.4 is 5.32 Å². The molecule has 0 saturated carbocycles. The van der Waals surface area contributed by atoms with Gasteiger partial charge in [-0.05, 0) is 61.5 Å². The number of nitrogens with one attached hydrogen (secondary N) is 1. The van der Waals surface area contributed by atoms with Gasteiger partial charge in [0, 0.05) is 16.3 Å². The quantitative estimate of drug-likeness (QED) is 0.377. The Morgan fingerprint density at radius 3 is 2.75 bits per heavy atom. The first-order chi connectivity index (χ1) is 15.5. The Kier molecular flexibility index (Phi) is 6.59. The van der Waals surface area contributed by atoms with Crippen molar-refractivity contribution in [3.05, 3.63) is 83.3 Å². The van der Waals surface area contributed by atoms with E-state index in [4.69, 9.17) is 21.3 Å². The lowest BCUT2D eigenvalue weighted by Gasteiger charge is -2.13. The molecule has 4 aromatic rings. The number of hydrogen-bond acceptors (Lipinski definition) is 6. The number of thioether (sulfide) groups is 1. The summed E-state index contributed by atoms with van der Waals surface area (Å²) in [5, 5.41) is 21.3. The predicted molar refractivity (Wildman–Crippen MR) is 123 cm³/mol. The number of nitrogens with zero attached hydrogens (tertiary/aromatic N) is 4. The third-order valence-electron chi connectivity index (χ3n) is 4.62. The standard InChI is InChI=1S/C23H18ClN5O2S/c1-15(22(30)26-19-5-2-4-16(12-19)13-25)32-23-28-27-21(17-7-9-18(24)10-8-17)29(23)14-20-6-3-11-31-20/h2-12,15H,14H2,1H3,(H,26,30). The maximum absolute atomic E-state index is 12.8. The van der Waals surface area contributed by atoms with Gasteiger partial charge in [0.05, 0.1) is 29.7 Å². The second kappa shape index (κ2) is 9.73. The van der Waals surface area contributed by atoms with Crippen molar-refractivity contribution in [2.75, 3.05) is 5.32 Å². The van der Waals surface area contributed by atoms with E-state index in [9.17, 15) is 4.79 Å². The van der Waals surface area contributed by atoms with Gasteiger partial charge in [0.25, 0.3) is 0 Å². The summed E-state index contributed by atoms with van der Waals surface area (Å²) in [6.07, 6.45) is 1.61. The molecule has 2 aromatic carbocycles. The minimum atomic E-state index is -0.460. The molecule has 0 aliphatic carbocycles. The highest BCUT2D eigenvalue weighted by Gasteiger charge is 2.22. The summed E-state index contributed by atoms with van der Waals surface area (Å²) in [6.45, 7) is 2.21. The van der Waals surface area contributed by atoms with E-state index >= 15 is 0 Å². The molecule has 0 bridgehead atoms. The van der Waals surface area contributed by atoms with E-state index in [-0.39, 0.29) is 5.91 Å². The fraction of sp³-hybridized carbons (Fsp3) is 0.130. The molecule has 1 unspecified atom stereocenters. The van der Waals surface area contributed by atoms with Crippen molar-refractivity contribution in [3.63, 3.8) is 0 Å². The summed E-state index contributed by atoms with van der Waals surface area (Å²) in [4.78, 5) is 12.8. The molecule has 32 heavy (non-hydrogen) atoms. The molecule has 1 atom stereocenters. The van der Waals surface area contributed by atoms with Crippen LogP contribution in [0, 0.1) is 11.3 Å². The van der Waals surface area contributed by atoms with Gasteiger partial charge in [0.1, 0.15) is 5.76 Å². The van der Waals surface area contributed by atoms with Crippen molar-refractivity contribution in [2.45, 2.75) is 23.9 Å². The van der Waals surface area contributed by atoms with Crippen LogP contribution in [-0.2, 0) is 11.3 Å². The summed E-state index contributed by atoms with van der Waals surface area (Å²) in [6, 6.07) is 19.9. The monoisotopic (exact) mass is 463 g/mol. The van der Waals surface area contributed by atoms with Gasteiger partial charge in [-0.25, -0.2) is 0 Å². The smallest absolute Gasteiger partial charge is 0.237 e. The average molecular weight is 464 g/mol. The van der Waals surface area contributed by atoms with Crippen LogP contribution in [0.1, 0.15) is 18.2 Å². The number of anilines is 1. The maximum Gasteiger partial charge on any atom is 0.237 e. The van der Waals surface area contributed by atoms with Crippen molar-refractivity contribution >= 4 is 35.0 Å². The van der Waals surface area contributed by atoms with Crippen LogP contribution in [0.3, 0.4) is 0 Å². The Bertz CT molecular complexity index is 1260. The van der Waals surface area contributed by atoms with Gasteiger partial charge >= 0.3 is 0 Å². The van der Waals surface area contributed by atoms with Crippen LogP contribution in [0.15, 0.2) is 76.5 Å². The average Bonchev–Trinajstić information content (AvgIpc) is 3.45. The Morgan fingerprint density at radius 1 is 1.22 bits per heavy atom. The van der Waals surface area contributed by atoms with Gasteiger partial charge in [-0.1, -0.05) is 29.4 Å². The second-order valence-corrected chi connectivity index (χ2v) is 8.66. The first-order valence-electron chi connectivity index (χ1n) is 9.72. The van der Waals surface area contributed by atoms with Crippen molar-refractivity contribution < 1.29 is 9.21 Å². The number of carbonyl (C=O) groups excluding carboxylic acids is 1. The molecule has 7 nitrogen and oxygen atoms in total. The summed E-state index contributed by atoms with van der Waals surface area (Å²) >= 11 is 7.32. The lowest BCUT2D eigenvalue weighted by molar-refractivity contribution is -0.115. The molecule has 2 aromatic heterocycles. The van der Waals surface area contributed by atoms with Crippen LogP contribution >= 0.6 is 23.4 Å². The molecule has 2 heterocycles. The normalized spacial score (nSPS) is 11.7. The molecule has 160 valence electrons. The van der Waals surface area contributed by atoms with Crippen LogP contribution in [0.4, 0.5) is 5.69 Å². The van der Waals surface area contributed by atoms with Crippen LogP contribution in [0.25, 0.3) is 11.4 Å². The number of benzene rings is 2. The molecule has 9 heteroatoms. The molecule has 1 N–H and O–H groups in total. The van der Waals surface area contributed by atoms with Crippen LogP contribution in [0.5, 0.6) is 0 Å². The maximum atomic E-state index is 12.8. The summed E-state index contributed by atoms with van der Waals surface area (Å²) in [5.41, 5.74) is 1.90. The van der Waals surface area contributed by atoms with E-state index in [1.807, 2.05) is 28.8 Å². The molecule has 1 amide bonds. The van der Waals surface area contributed by atoms with E-state index in [1.165, 1.54) is 11.8 Å². The number of aromatic nitrogens is 3. The third-order valence-corrected chi connectivity index (χ3v) is 5.96. The van der Waals surface area contributed by atoms with E-state index in [0.29, 0.717) is 33.8 Å². The van der Waals surface area contributed by atoms with Crippen LogP contribution in [-0.4, -0.2) is 25.9 Å². The largest absolute Gasteiger partial charge is 0.467 e. The topological polar surface area (TPSA) is 96.7 Å². The first kappa shape index (κ1) is 21.7. The van der Waals surface area contributed by atoms with Crippen molar-refractivity contribution in [1.82, 2.24) is 14.8 Å². The highest BCUT2D eigenvalue weighted by Crippen LogP contribution is 2.29. The summed E-state index contributed by atoms with van der Waals surface area (Å²) in [7, 11) is 0. The zero-order chi connectivity index (χ0) is 22.5. The fourth-order valence-electron chi connectivity index (χ4n) is 3.01. The number of furan rings is 1. The Hall–Kier alpha value is -3.54. The van der Waals surface area contributed by atoms with Gasteiger partial charge in [0.2, 0.25) is 5.91 Å². The molecular formula is C23H18ClN5O2S. The van der Waals surface area contributed by atoms with E-state index in [2.05, 4.69) is 21.6 Å². The highest BCUT2D eigenvalue weighted by molar-refractivity contribution is 8.00. The fourth-order valence-corrected chi connectivity index (χ4v) is 3.99. The lowest BCUT2D eigenvalue weighted by Crippen LogP contribution is -2.23. The molecular weight excluding hydrogens is 446 g/mol. The number of halogens is 1. The third kappa shape index (κ3) is 5.02. The Labute approximate surface area is 194 Å². The number of nitriles is 1. The molecule has 0 fully saturated rings. The minimum Gasteiger partial charge on any atom is -0.467 e. The van der Waals surface area contributed by atoms with Gasteiger partial charge in [-0.15, -0.1) is 10.2 Å². The van der Waals surface area contributed by atoms with E-state index in [1.54, 1.807) is 49.6 Å². The molecule has 0 aliphatic heterocycles. The molecule has 0 spiro atoms. The molecule has 0 aliphatic rings. The van der Waals surface area contributed by atoms with Crippen LogP contribution in [0.2, 0.25) is 5.02 Å². The zero-order valence-electron chi connectivity index (χ0n) is 17.0. The molecule has 0 saturated heterocycles.